The van der Waals surface area contributed by atoms with Gasteiger partial charge in [-0.05, 0) is 36.9 Å². The minimum Gasteiger partial charge on any atom is -0.497 e. The second kappa shape index (κ2) is 10.4. The zero-order chi connectivity index (χ0) is 21.5. The molecule has 3 rings (SSSR count). The molecule has 1 fully saturated rings. The summed E-state index contributed by atoms with van der Waals surface area (Å²) in [6.45, 7) is 4.00. The van der Waals surface area contributed by atoms with E-state index in [4.69, 9.17) is 16.3 Å². The van der Waals surface area contributed by atoms with Crippen LogP contribution in [0.3, 0.4) is 0 Å². The molecule has 1 aliphatic heterocycles. The van der Waals surface area contributed by atoms with Crippen LogP contribution in [0.2, 0.25) is 5.02 Å². The maximum absolute atomic E-state index is 12.4. The van der Waals surface area contributed by atoms with Crippen LogP contribution in [-0.4, -0.2) is 68.5 Å². The molecule has 0 radical (unpaired) electrons. The van der Waals surface area contributed by atoms with Gasteiger partial charge in [0.25, 0.3) is 0 Å². The fraction of sp³-hybridized carbons (Fsp3) is 0.364. The highest BCUT2D eigenvalue weighted by Crippen LogP contribution is 2.24. The van der Waals surface area contributed by atoms with E-state index in [9.17, 15) is 9.59 Å². The number of nitrogens with one attached hydrogen (secondary N) is 2. The minimum atomic E-state index is -0.741. The third kappa shape index (κ3) is 5.72. The molecule has 2 N–H and O–H groups in total. The number of methoxy groups -OCH3 is 1. The summed E-state index contributed by atoms with van der Waals surface area (Å²) in [6, 6.07) is 14.6. The molecule has 0 aromatic heterocycles. The molecule has 0 saturated carbocycles. The Bertz CT molecular complexity index is 867. The zero-order valence-electron chi connectivity index (χ0n) is 17.2. The fourth-order valence-electron chi connectivity index (χ4n) is 3.43. The van der Waals surface area contributed by atoms with E-state index in [0.717, 1.165) is 37.5 Å². The van der Waals surface area contributed by atoms with Crippen LogP contribution in [0.4, 0.5) is 5.69 Å². The number of para-hydroxylation sites is 1. The number of halogens is 1. The number of piperazine rings is 1. The van der Waals surface area contributed by atoms with E-state index in [1.807, 2.05) is 24.3 Å². The molecule has 1 saturated heterocycles. The molecule has 1 atom stereocenters. The van der Waals surface area contributed by atoms with E-state index in [0.29, 0.717) is 17.3 Å². The summed E-state index contributed by atoms with van der Waals surface area (Å²) in [5.74, 6) is -0.656. The molecule has 0 aliphatic carbocycles. The Morgan fingerprint density at radius 3 is 2.33 bits per heavy atom. The zero-order valence-corrected chi connectivity index (χ0v) is 18.0. The predicted molar refractivity (Wildman–Crippen MR) is 118 cm³/mol. The van der Waals surface area contributed by atoms with Gasteiger partial charge >= 0.3 is 11.8 Å². The molecule has 0 bridgehead atoms. The van der Waals surface area contributed by atoms with E-state index in [-0.39, 0.29) is 6.04 Å². The van der Waals surface area contributed by atoms with Gasteiger partial charge < -0.3 is 20.3 Å². The van der Waals surface area contributed by atoms with E-state index >= 15 is 0 Å². The number of carbonyl (C=O) groups is 2. The van der Waals surface area contributed by atoms with Gasteiger partial charge in [0.15, 0.2) is 0 Å². The second-order valence-corrected chi connectivity index (χ2v) is 7.68. The highest BCUT2D eigenvalue weighted by molar-refractivity contribution is 6.41. The first-order valence-corrected chi connectivity index (χ1v) is 10.3. The predicted octanol–water partition coefficient (Wildman–Crippen LogP) is 2.39. The minimum absolute atomic E-state index is 0.0401. The summed E-state index contributed by atoms with van der Waals surface area (Å²) in [5.41, 5.74) is 1.47. The van der Waals surface area contributed by atoms with Gasteiger partial charge in [0.05, 0.1) is 23.9 Å². The van der Waals surface area contributed by atoms with E-state index < -0.39 is 11.8 Å². The lowest BCUT2D eigenvalue weighted by Crippen LogP contribution is -2.49. The summed E-state index contributed by atoms with van der Waals surface area (Å²) < 4.78 is 5.25. The van der Waals surface area contributed by atoms with Crippen molar-refractivity contribution in [2.24, 2.45) is 0 Å². The van der Waals surface area contributed by atoms with Gasteiger partial charge in [0, 0.05) is 32.7 Å². The van der Waals surface area contributed by atoms with Crippen molar-refractivity contribution in [2.75, 3.05) is 52.2 Å². The largest absolute Gasteiger partial charge is 0.497 e. The molecule has 1 heterocycles. The van der Waals surface area contributed by atoms with Crippen molar-refractivity contribution < 1.29 is 14.3 Å². The van der Waals surface area contributed by atoms with Crippen LogP contribution in [0.15, 0.2) is 48.5 Å². The number of hydrogen-bond donors (Lipinski definition) is 2. The molecule has 7 nitrogen and oxygen atoms in total. The molecular weight excluding hydrogens is 404 g/mol. The van der Waals surface area contributed by atoms with Crippen molar-refractivity contribution in [1.82, 2.24) is 15.1 Å². The monoisotopic (exact) mass is 430 g/mol. The lowest BCUT2D eigenvalue weighted by molar-refractivity contribution is -0.136. The molecule has 0 spiro atoms. The van der Waals surface area contributed by atoms with Gasteiger partial charge in [-0.25, -0.2) is 0 Å². The Hall–Kier alpha value is -2.61. The van der Waals surface area contributed by atoms with Crippen LogP contribution in [-0.2, 0) is 9.59 Å². The molecule has 1 unspecified atom stereocenters. The summed E-state index contributed by atoms with van der Waals surface area (Å²) >= 11 is 6.05. The van der Waals surface area contributed by atoms with Gasteiger partial charge in [-0.3, -0.25) is 14.5 Å². The second-order valence-electron chi connectivity index (χ2n) is 7.27. The quantitative estimate of drug-likeness (QED) is 0.688. The molecule has 160 valence electrons. The number of benzene rings is 2. The van der Waals surface area contributed by atoms with E-state index in [1.165, 1.54) is 0 Å². The molecule has 8 heteroatoms. The van der Waals surface area contributed by atoms with Gasteiger partial charge in [-0.15, -0.1) is 0 Å². The summed E-state index contributed by atoms with van der Waals surface area (Å²) in [4.78, 5) is 29.3. The summed E-state index contributed by atoms with van der Waals surface area (Å²) in [7, 11) is 3.73. The third-order valence-electron chi connectivity index (χ3n) is 5.26. The van der Waals surface area contributed by atoms with Crippen molar-refractivity contribution in [2.45, 2.75) is 6.04 Å². The molecule has 2 aromatic rings. The fourth-order valence-corrected chi connectivity index (χ4v) is 3.61. The lowest BCUT2D eigenvalue weighted by Gasteiger charge is -2.38. The maximum atomic E-state index is 12.4. The van der Waals surface area contributed by atoms with Crippen molar-refractivity contribution >= 4 is 29.1 Å². The maximum Gasteiger partial charge on any atom is 0.313 e. The normalized spacial score (nSPS) is 16.0. The first-order valence-electron chi connectivity index (χ1n) is 9.88. The summed E-state index contributed by atoms with van der Waals surface area (Å²) in [5, 5.41) is 5.71. The lowest BCUT2D eigenvalue weighted by atomic mass is 10.0. The highest BCUT2D eigenvalue weighted by Gasteiger charge is 2.25. The average molecular weight is 431 g/mol. The van der Waals surface area contributed by atoms with Crippen molar-refractivity contribution in [3.63, 3.8) is 0 Å². The average Bonchev–Trinajstić information content (AvgIpc) is 2.77. The molecular formula is C22H27ClN4O3. The van der Waals surface area contributed by atoms with Crippen LogP contribution in [0, 0.1) is 0 Å². The Kier molecular flexibility index (Phi) is 7.68. The topological polar surface area (TPSA) is 73.9 Å². The Morgan fingerprint density at radius 1 is 1.03 bits per heavy atom. The number of rotatable bonds is 6. The van der Waals surface area contributed by atoms with Crippen molar-refractivity contribution in [3.05, 3.63) is 59.1 Å². The molecule has 2 aromatic carbocycles. The number of hydrogen-bond acceptors (Lipinski definition) is 5. The highest BCUT2D eigenvalue weighted by atomic mass is 35.5. The van der Waals surface area contributed by atoms with Crippen LogP contribution >= 0.6 is 11.6 Å². The number of amides is 2. The van der Waals surface area contributed by atoms with Crippen LogP contribution in [0.5, 0.6) is 5.75 Å². The number of ether oxygens (including phenoxy) is 1. The molecule has 2 amide bonds. The Morgan fingerprint density at radius 2 is 1.70 bits per heavy atom. The smallest absolute Gasteiger partial charge is 0.313 e. The third-order valence-corrected chi connectivity index (χ3v) is 5.59. The van der Waals surface area contributed by atoms with Gasteiger partial charge in [0.1, 0.15) is 5.75 Å². The van der Waals surface area contributed by atoms with Gasteiger partial charge in [-0.1, -0.05) is 35.9 Å². The van der Waals surface area contributed by atoms with E-state index in [1.54, 1.807) is 31.4 Å². The van der Waals surface area contributed by atoms with Gasteiger partial charge in [0.2, 0.25) is 0 Å². The molecule has 1 aliphatic rings. The van der Waals surface area contributed by atoms with Crippen LogP contribution in [0.1, 0.15) is 11.6 Å². The Balaban J connectivity index is 1.66. The number of anilines is 1. The van der Waals surface area contributed by atoms with Crippen molar-refractivity contribution in [1.29, 1.82) is 0 Å². The first-order chi connectivity index (χ1) is 14.5. The van der Waals surface area contributed by atoms with Crippen molar-refractivity contribution in [3.8, 4) is 5.75 Å². The number of carbonyl (C=O) groups excluding carboxylic acids is 2. The SMILES string of the molecule is COc1ccc(C(CNC(=O)C(=O)Nc2ccccc2Cl)N2CCN(C)CC2)cc1. The molecule has 30 heavy (non-hydrogen) atoms. The van der Waals surface area contributed by atoms with E-state index in [2.05, 4.69) is 27.5 Å². The van der Waals surface area contributed by atoms with Gasteiger partial charge in [-0.2, -0.15) is 0 Å². The summed E-state index contributed by atoms with van der Waals surface area (Å²) in [6.07, 6.45) is 0. The number of nitrogens with zero attached hydrogens (tertiary/aromatic N) is 2. The Labute approximate surface area is 181 Å². The van der Waals surface area contributed by atoms with Crippen LogP contribution in [0.25, 0.3) is 0 Å². The van der Waals surface area contributed by atoms with Crippen LogP contribution < -0.4 is 15.4 Å². The number of likely N-dealkylation sites (N-methyl/N-ethyl adjacent to an activating group) is 1. The standard InChI is InChI=1S/C22H27ClN4O3/c1-26-11-13-27(14-12-26)20(16-7-9-17(30-2)10-8-16)15-24-21(28)22(29)25-19-6-4-3-5-18(19)23/h3-10,20H,11-15H2,1-2H3,(H,24,28)(H,25,29). The first kappa shape index (κ1) is 22.1.